The van der Waals surface area contributed by atoms with Gasteiger partial charge in [-0.25, -0.2) is 0 Å². The van der Waals surface area contributed by atoms with Crippen LogP contribution in [0.4, 0.5) is 0 Å². The highest BCUT2D eigenvalue weighted by Crippen LogP contribution is 2.41. The average Bonchev–Trinajstić information content (AvgIpc) is 2.48. The highest BCUT2D eigenvalue weighted by molar-refractivity contribution is 5.85. The number of halogens is 1. The Hall–Kier alpha value is -0.810. The van der Waals surface area contributed by atoms with Crippen molar-refractivity contribution >= 4 is 12.4 Å². The van der Waals surface area contributed by atoms with Gasteiger partial charge in [-0.05, 0) is 49.8 Å². The van der Waals surface area contributed by atoms with E-state index in [-0.39, 0.29) is 23.4 Å². The molecule has 136 valence electrons. The second-order valence-electron chi connectivity index (χ2n) is 7.54. The number of rotatable bonds is 9. The number of nitrogens with one attached hydrogen (secondary N) is 1. The van der Waals surface area contributed by atoms with E-state index < -0.39 is 0 Å². The van der Waals surface area contributed by atoms with E-state index in [0.29, 0.717) is 6.61 Å². The Morgan fingerprint density at radius 3 is 2.46 bits per heavy atom. The first-order valence-electron chi connectivity index (χ1n) is 8.84. The van der Waals surface area contributed by atoms with Crippen molar-refractivity contribution in [3.05, 3.63) is 29.8 Å². The van der Waals surface area contributed by atoms with Crippen LogP contribution in [-0.2, 0) is 11.3 Å². The summed E-state index contributed by atoms with van der Waals surface area (Å²) in [6.07, 6.45) is 7.41. The van der Waals surface area contributed by atoms with Gasteiger partial charge in [0.15, 0.2) is 0 Å². The van der Waals surface area contributed by atoms with Gasteiger partial charge in [-0.15, -0.1) is 12.4 Å². The van der Waals surface area contributed by atoms with E-state index >= 15 is 0 Å². The van der Waals surface area contributed by atoms with Crippen molar-refractivity contribution in [2.45, 2.75) is 50.7 Å². The lowest BCUT2D eigenvalue weighted by atomic mass is 9.69. The molecule has 0 aliphatic heterocycles. The molecule has 0 heterocycles. The zero-order chi connectivity index (χ0) is 16.2. The maximum absolute atomic E-state index is 6.30. The van der Waals surface area contributed by atoms with Crippen LogP contribution < -0.4 is 15.8 Å². The first kappa shape index (κ1) is 19.5. The Morgan fingerprint density at radius 1 is 1.12 bits per heavy atom. The van der Waals surface area contributed by atoms with Crippen LogP contribution in [0, 0.1) is 5.41 Å². The third-order valence-electron chi connectivity index (χ3n) is 5.50. The van der Waals surface area contributed by atoms with Crippen molar-refractivity contribution in [1.82, 2.24) is 5.32 Å². The molecule has 2 saturated carbocycles. The zero-order valence-corrected chi connectivity index (χ0v) is 15.5. The normalized spacial score (nSPS) is 20.4. The molecule has 0 aromatic heterocycles. The van der Waals surface area contributed by atoms with Crippen molar-refractivity contribution in [3.8, 4) is 5.75 Å². The third kappa shape index (κ3) is 4.85. The van der Waals surface area contributed by atoms with Gasteiger partial charge in [0.1, 0.15) is 5.75 Å². The molecule has 2 aliphatic rings. The van der Waals surface area contributed by atoms with Crippen LogP contribution >= 0.6 is 12.4 Å². The van der Waals surface area contributed by atoms with Crippen molar-refractivity contribution < 1.29 is 9.47 Å². The molecule has 0 saturated heterocycles. The summed E-state index contributed by atoms with van der Waals surface area (Å²) in [4.78, 5) is 0. The van der Waals surface area contributed by atoms with Crippen LogP contribution in [0.15, 0.2) is 24.3 Å². The fraction of sp³-hybridized carbons (Fsp3) is 0.684. The predicted molar refractivity (Wildman–Crippen MR) is 99.8 cm³/mol. The first-order valence-corrected chi connectivity index (χ1v) is 8.84. The summed E-state index contributed by atoms with van der Waals surface area (Å²) >= 11 is 0. The van der Waals surface area contributed by atoms with Gasteiger partial charge >= 0.3 is 0 Å². The standard InChI is InChI=1S/C19H30N2O2.ClH/c1-22-12-16-5-2-6-17(11-16)23-15-18(7-3-8-18)13-21-14-19(20)9-4-10-19;/h2,5-6,11,21H,3-4,7-10,12-15,20H2,1H3;1H. The van der Waals surface area contributed by atoms with Crippen molar-refractivity contribution in [3.63, 3.8) is 0 Å². The molecule has 1 aromatic rings. The Bertz CT molecular complexity index is 516. The molecule has 0 radical (unpaired) electrons. The molecule has 5 heteroatoms. The quantitative estimate of drug-likeness (QED) is 0.714. The number of benzene rings is 1. The summed E-state index contributed by atoms with van der Waals surface area (Å²) in [5.74, 6) is 0.945. The molecule has 1 aromatic carbocycles. The Labute approximate surface area is 151 Å². The molecular formula is C19H31ClN2O2. The fourth-order valence-electron chi connectivity index (χ4n) is 3.56. The largest absolute Gasteiger partial charge is 0.493 e. The molecule has 0 atom stereocenters. The lowest BCUT2D eigenvalue weighted by molar-refractivity contribution is 0.0541. The highest BCUT2D eigenvalue weighted by atomic mass is 35.5. The summed E-state index contributed by atoms with van der Waals surface area (Å²) in [6, 6.07) is 8.20. The molecule has 0 amide bonds. The van der Waals surface area contributed by atoms with Crippen LogP contribution in [0.2, 0.25) is 0 Å². The summed E-state index contributed by atoms with van der Waals surface area (Å²) in [5, 5.41) is 3.61. The SMILES string of the molecule is COCc1cccc(OCC2(CNCC3(N)CCC3)CCC2)c1.Cl. The Kier molecular flexibility index (Phi) is 6.93. The van der Waals surface area contributed by atoms with Gasteiger partial charge in [0.2, 0.25) is 0 Å². The van der Waals surface area contributed by atoms with Gasteiger partial charge in [0, 0.05) is 31.2 Å². The van der Waals surface area contributed by atoms with E-state index in [1.165, 1.54) is 25.7 Å². The summed E-state index contributed by atoms with van der Waals surface area (Å²) < 4.78 is 11.3. The van der Waals surface area contributed by atoms with Gasteiger partial charge < -0.3 is 20.5 Å². The number of nitrogens with two attached hydrogens (primary N) is 1. The van der Waals surface area contributed by atoms with E-state index in [2.05, 4.69) is 17.4 Å². The van der Waals surface area contributed by atoms with E-state index in [0.717, 1.165) is 43.9 Å². The van der Waals surface area contributed by atoms with Crippen molar-refractivity contribution in [1.29, 1.82) is 0 Å². The van der Waals surface area contributed by atoms with Crippen LogP contribution in [0.25, 0.3) is 0 Å². The minimum Gasteiger partial charge on any atom is -0.493 e. The number of methoxy groups -OCH3 is 1. The minimum atomic E-state index is 0. The second kappa shape index (κ2) is 8.52. The molecule has 2 aliphatic carbocycles. The number of hydrogen-bond acceptors (Lipinski definition) is 4. The summed E-state index contributed by atoms with van der Waals surface area (Å²) in [7, 11) is 1.72. The molecular weight excluding hydrogens is 324 g/mol. The molecule has 4 nitrogen and oxygen atoms in total. The molecule has 0 bridgehead atoms. The number of hydrogen-bond donors (Lipinski definition) is 2. The molecule has 24 heavy (non-hydrogen) atoms. The topological polar surface area (TPSA) is 56.5 Å². The summed E-state index contributed by atoms with van der Waals surface area (Å²) in [5.41, 5.74) is 7.79. The van der Waals surface area contributed by atoms with Gasteiger partial charge in [-0.1, -0.05) is 18.6 Å². The van der Waals surface area contributed by atoms with Gasteiger partial charge in [0.25, 0.3) is 0 Å². The van der Waals surface area contributed by atoms with Crippen LogP contribution in [0.1, 0.15) is 44.1 Å². The maximum atomic E-state index is 6.30. The minimum absolute atomic E-state index is 0. The van der Waals surface area contributed by atoms with Gasteiger partial charge in [-0.2, -0.15) is 0 Å². The van der Waals surface area contributed by atoms with Crippen molar-refractivity contribution in [2.75, 3.05) is 26.8 Å². The van der Waals surface area contributed by atoms with E-state index in [1.54, 1.807) is 7.11 Å². The molecule has 2 fully saturated rings. The van der Waals surface area contributed by atoms with E-state index in [1.807, 2.05) is 12.1 Å². The van der Waals surface area contributed by atoms with E-state index in [4.69, 9.17) is 15.2 Å². The third-order valence-corrected chi connectivity index (χ3v) is 5.50. The lowest BCUT2D eigenvalue weighted by Gasteiger charge is -2.44. The van der Waals surface area contributed by atoms with Crippen LogP contribution in [0.3, 0.4) is 0 Å². The monoisotopic (exact) mass is 354 g/mol. The van der Waals surface area contributed by atoms with Crippen LogP contribution in [0.5, 0.6) is 5.75 Å². The highest BCUT2D eigenvalue weighted by Gasteiger charge is 2.39. The second-order valence-corrected chi connectivity index (χ2v) is 7.54. The van der Waals surface area contributed by atoms with Gasteiger partial charge in [-0.3, -0.25) is 0 Å². The van der Waals surface area contributed by atoms with Crippen molar-refractivity contribution in [2.24, 2.45) is 11.1 Å². The molecule has 0 spiro atoms. The predicted octanol–water partition coefficient (Wildman–Crippen LogP) is 3.27. The number of ether oxygens (including phenoxy) is 2. The Morgan fingerprint density at radius 2 is 1.88 bits per heavy atom. The summed E-state index contributed by atoms with van der Waals surface area (Å²) in [6.45, 7) is 3.37. The lowest BCUT2D eigenvalue weighted by Crippen LogP contribution is -2.56. The maximum Gasteiger partial charge on any atom is 0.119 e. The first-order chi connectivity index (χ1) is 11.1. The van der Waals surface area contributed by atoms with Crippen LogP contribution in [-0.4, -0.2) is 32.3 Å². The van der Waals surface area contributed by atoms with Gasteiger partial charge in [0.05, 0.1) is 13.2 Å². The smallest absolute Gasteiger partial charge is 0.119 e. The molecule has 3 rings (SSSR count). The van der Waals surface area contributed by atoms with E-state index in [9.17, 15) is 0 Å². The average molecular weight is 355 g/mol. The molecule has 3 N–H and O–H groups in total. The fourth-order valence-corrected chi connectivity index (χ4v) is 3.56. The zero-order valence-electron chi connectivity index (χ0n) is 14.7. The molecule has 0 unspecified atom stereocenters. The Balaban J connectivity index is 0.00000208.